The summed E-state index contributed by atoms with van der Waals surface area (Å²) >= 11 is 0. The van der Waals surface area contributed by atoms with Gasteiger partial charge in [-0.15, -0.1) is 0 Å². The Morgan fingerprint density at radius 2 is 2.38 bits per heavy atom. The van der Waals surface area contributed by atoms with Gasteiger partial charge in [0.05, 0.1) is 11.9 Å². The zero-order chi connectivity index (χ0) is 5.98. The van der Waals surface area contributed by atoms with Crippen molar-refractivity contribution in [3.05, 3.63) is 11.8 Å². The fraction of sp³-hybridized carbons (Fsp3) is 0.667. The lowest BCUT2D eigenvalue weighted by molar-refractivity contribution is 0.152. The topological polar surface area (TPSA) is 40.5 Å². The first-order valence-electron chi connectivity index (χ1n) is 2.85. The summed E-state index contributed by atoms with van der Waals surface area (Å²) < 4.78 is 0. The third kappa shape index (κ3) is 1.23. The second-order valence-corrected chi connectivity index (χ2v) is 2.12. The van der Waals surface area contributed by atoms with Gasteiger partial charge in [0.15, 0.2) is 0 Å². The van der Waals surface area contributed by atoms with Gasteiger partial charge in [-0.3, -0.25) is 0 Å². The van der Waals surface area contributed by atoms with Crippen molar-refractivity contribution in [1.29, 1.82) is 0 Å². The molecule has 0 fully saturated rings. The lowest BCUT2D eigenvalue weighted by Gasteiger charge is -2.12. The highest BCUT2D eigenvalue weighted by Gasteiger charge is 2.08. The first-order valence-corrected chi connectivity index (χ1v) is 2.85. The van der Waals surface area contributed by atoms with Crippen molar-refractivity contribution in [2.24, 2.45) is 0 Å². The number of hydrogen-bond acceptors (Lipinski definition) is 2. The van der Waals surface area contributed by atoms with E-state index in [9.17, 15) is 0 Å². The van der Waals surface area contributed by atoms with Crippen molar-refractivity contribution in [3.63, 3.8) is 0 Å². The molecule has 46 valence electrons. The van der Waals surface area contributed by atoms with E-state index < -0.39 is 0 Å². The van der Waals surface area contributed by atoms with E-state index in [1.54, 1.807) is 6.08 Å². The minimum absolute atomic E-state index is 0.217. The average molecular weight is 114 g/mol. The van der Waals surface area contributed by atoms with Crippen molar-refractivity contribution in [3.8, 4) is 0 Å². The molecule has 2 nitrogen and oxygen atoms in total. The van der Waals surface area contributed by atoms with Crippen LogP contribution in [0.2, 0.25) is 0 Å². The number of rotatable bonds is 0. The zero-order valence-corrected chi connectivity index (χ0v) is 4.67. The summed E-state index contributed by atoms with van der Waals surface area (Å²) in [5, 5.41) is 17.6. The third-order valence-electron chi connectivity index (χ3n) is 1.36. The maximum atomic E-state index is 8.87. The van der Waals surface area contributed by atoms with Crippen LogP contribution in [-0.2, 0) is 0 Å². The molecule has 2 N–H and O–H groups in total. The SMILES string of the molecule is OC1=CC[C@@H](O)CC1. The van der Waals surface area contributed by atoms with Gasteiger partial charge in [-0.2, -0.15) is 0 Å². The summed E-state index contributed by atoms with van der Waals surface area (Å²) in [5.74, 6) is 0.426. The Kier molecular flexibility index (Phi) is 1.53. The number of allylic oxidation sites excluding steroid dienone is 1. The fourth-order valence-electron chi connectivity index (χ4n) is 0.806. The second-order valence-electron chi connectivity index (χ2n) is 2.12. The number of aliphatic hydroxyl groups is 2. The molecule has 0 aromatic carbocycles. The monoisotopic (exact) mass is 114 g/mol. The van der Waals surface area contributed by atoms with Crippen molar-refractivity contribution < 1.29 is 10.2 Å². The van der Waals surface area contributed by atoms with Gasteiger partial charge in [-0.05, 0) is 18.9 Å². The van der Waals surface area contributed by atoms with E-state index in [2.05, 4.69) is 0 Å². The van der Waals surface area contributed by atoms with Gasteiger partial charge in [0.25, 0.3) is 0 Å². The van der Waals surface area contributed by atoms with Crippen molar-refractivity contribution in [2.75, 3.05) is 0 Å². The minimum atomic E-state index is -0.217. The molecular weight excluding hydrogens is 104 g/mol. The van der Waals surface area contributed by atoms with E-state index in [4.69, 9.17) is 10.2 Å². The van der Waals surface area contributed by atoms with E-state index >= 15 is 0 Å². The predicted octanol–water partition coefficient (Wildman–Crippen LogP) is 0.973. The molecule has 0 radical (unpaired) electrons. The standard InChI is InChI=1S/C6H10O2/c7-5-1-2-6(8)4-3-5/h1,6-8H,2-4H2/t6-/m1/s1. The Balaban J connectivity index is 2.42. The summed E-state index contributed by atoms with van der Waals surface area (Å²) in [6.07, 6.45) is 3.43. The molecule has 0 bridgehead atoms. The normalized spacial score (nSPS) is 29.6. The van der Waals surface area contributed by atoms with Gasteiger partial charge in [0, 0.05) is 6.42 Å². The Hall–Kier alpha value is -0.500. The van der Waals surface area contributed by atoms with Gasteiger partial charge in [-0.25, -0.2) is 0 Å². The molecule has 1 rings (SSSR count). The van der Waals surface area contributed by atoms with Crippen LogP contribution in [0.25, 0.3) is 0 Å². The highest BCUT2D eigenvalue weighted by Crippen LogP contribution is 2.14. The second kappa shape index (κ2) is 2.18. The van der Waals surface area contributed by atoms with E-state index in [0.717, 1.165) is 0 Å². The van der Waals surface area contributed by atoms with Gasteiger partial charge >= 0.3 is 0 Å². The number of aliphatic hydroxyl groups excluding tert-OH is 2. The van der Waals surface area contributed by atoms with Crippen LogP contribution in [-0.4, -0.2) is 16.3 Å². The maximum Gasteiger partial charge on any atom is 0.0884 e. The quantitative estimate of drug-likeness (QED) is 0.492. The molecule has 8 heavy (non-hydrogen) atoms. The summed E-state index contributed by atoms with van der Waals surface area (Å²) in [5.41, 5.74) is 0. The van der Waals surface area contributed by atoms with Crippen molar-refractivity contribution in [2.45, 2.75) is 25.4 Å². The smallest absolute Gasteiger partial charge is 0.0884 e. The first-order chi connectivity index (χ1) is 3.79. The Morgan fingerprint density at radius 1 is 1.62 bits per heavy atom. The van der Waals surface area contributed by atoms with Crippen LogP contribution < -0.4 is 0 Å². The molecule has 1 aliphatic carbocycles. The third-order valence-corrected chi connectivity index (χ3v) is 1.36. The summed E-state index contributed by atoms with van der Waals surface area (Å²) in [4.78, 5) is 0. The molecule has 0 saturated carbocycles. The van der Waals surface area contributed by atoms with Gasteiger partial charge in [-0.1, -0.05) is 0 Å². The Morgan fingerprint density at radius 3 is 2.75 bits per heavy atom. The molecule has 2 heteroatoms. The molecule has 0 spiro atoms. The maximum absolute atomic E-state index is 8.87. The van der Waals surface area contributed by atoms with Crippen LogP contribution in [0.5, 0.6) is 0 Å². The van der Waals surface area contributed by atoms with Crippen LogP contribution in [0, 0.1) is 0 Å². The molecule has 0 aromatic heterocycles. The molecule has 0 unspecified atom stereocenters. The largest absolute Gasteiger partial charge is 0.513 e. The van der Waals surface area contributed by atoms with E-state index in [1.807, 2.05) is 0 Å². The molecule has 1 aliphatic rings. The minimum Gasteiger partial charge on any atom is -0.513 e. The lowest BCUT2D eigenvalue weighted by atomic mass is 10.0. The Bertz CT molecular complexity index is 107. The van der Waals surface area contributed by atoms with Crippen molar-refractivity contribution in [1.82, 2.24) is 0 Å². The van der Waals surface area contributed by atoms with E-state index in [-0.39, 0.29) is 6.10 Å². The highest BCUT2D eigenvalue weighted by molar-refractivity contribution is 4.97. The van der Waals surface area contributed by atoms with Crippen LogP contribution in [0.1, 0.15) is 19.3 Å². The molecule has 0 amide bonds. The fourth-order valence-corrected chi connectivity index (χ4v) is 0.806. The van der Waals surface area contributed by atoms with Crippen LogP contribution >= 0.6 is 0 Å². The average Bonchev–Trinajstić information content (AvgIpc) is 1.77. The van der Waals surface area contributed by atoms with Gasteiger partial charge in [0.1, 0.15) is 0 Å². The lowest BCUT2D eigenvalue weighted by Crippen LogP contribution is -2.09. The molecule has 1 atom stereocenters. The van der Waals surface area contributed by atoms with E-state index in [0.29, 0.717) is 25.0 Å². The summed E-state index contributed by atoms with van der Waals surface area (Å²) in [6, 6.07) is 0. The van der Waals surface area contributed by atoms with Crippen LogP contribution in [0.4, 0.5) is 0 Å². The highest BCUT2D eigenvalue weighted by atomic mass is 16.3. The first kappa shape index (κ1) is 5.63. The molecule has 0 aromatic rings. The van der Waals surface area contributed by atoms with Crippen LogP contribution in [0.15, 0.2) is 11.8 Å². The molecule has 0 aliphatic heterocycles. The predicted molar refractivity (Wildman–Crippen MR) is 30.6 cm³/mol. The zero-order valence-electron chi connectivity index (χ0n) is 4.67. The van der Waals surface area contributed by atoms with Gasteiger partial charge in [0.2, 0.25) is 0 Å². The van der Waals surface area contributed by atoms with Crippen LogP contribution in [0.3, 0.4) is 0 Å². The Labute approximate surface area is 48.5 Å². The van der Waals surface area contributed by atoms with Crippen molar-refractivity contribution >= 4 is 0 Å². The summed E-state index contributed by atoms with van der Waals surface area (Å²) in [6.45, 7) is 0. The van der Waals surface area contributed by atoms with Gasteiger partial charge < -0.3 is 10.2 Å². The molecular formula is C6H10O2. The number of hydrogen-bond donors (Lipinski definition) is 2. The molecule has 0 heterocycles. The molecule has 0 saturated heterocycles. The van der Waals surface area contributed by atoms with E-state index in [1.165, 1.54) is 0 Å². The summed E-state index contributed by atoms with van der Waals surface area (Å²) in [7, 11) is 0.